The Balaban J connectivity index is 1.54. The van der Waals surface area contributed by atoms with Gasteiger partial charge in [0.2, 0.25) is 0 Å². The summed E-state index contributed by atoms with van der Waals surface area (Å²) in [6, 6.07) is 28.0. The van der Waals surface area contributed by atoms with Crippen molar-refractivity contribution in [2.45, 2.75) is 50.7 Å². The van der Waals surface area contributed by atoms with Gasteiger partial charge < -0.3 is 15.2 Å². The van der Waals surface area contributed by atoms with E-state index in [1.165, 1.54) is 16.7 Å². The Morgan fingerprint density at radius 3 is 2.22 bits per heavy atom. The van der Waals surface area contributed by atoms with E-state index < -0.39 is 5.97 Å². The van der Waals surface area contributed by atoms with Crippen molar-refractivity contribution in [1.82, 2.24) is 10.2 Å². The molecular formula is C32H38N2O3. The van der Waals surface area contributed by atoms with Crippen molar-refractivity contribution in [1.29, 1.82) is 0 Å². The topological polar surface area (TPSA) is 61.8 Å². The maximum absolute atomic E-state index is 12.3. The number of benzene rings is 3. The summed E-state index contributed by atoms with van der Waals surface area (Å²) in [6.45, 7) is 6.57. The van der Waals surface area contributed by atoms with E-state index in [9.17, 15) is 9.90 Å². The molecule has 3 aliphatic rings. The van der Waals surface area contributed by atoms with E-state index in [0.717, 1.165) is 24.3 Å². The summed E-state index contributed by atoms with van der Waals surface area (Å²) in [5.74, 6) is 0.454. The molecule has 5 nitrogen and oxygen atoms in total. The Morgan fingerprint density at radius 1 is 1.00 bits per heavy atom. The fourth-order valence-corrected chi connectivity index (χ4v) is 6.56. The van der Waals surface area contributed by atoms with Gasteiger partial charge in [0.05, 0.1) is 13.0 Å². The predicted molar refractivity (Wildman–Crippen MR) is 147 cm³/mol. The zero-order chi connectivity index (χ0) is 25.9. The molecule has 0 amide bonds. The number of carboxylic acid groups (broad SMARTS) is 1. The van der Waals surface area contributed by atoms with E-state index >= 15 is 0 Å². The minimum atomic E-state index is -0.685. The van der Waals surface area contributed by atoms with E-state index in [2.05, 4.69) is 103 Å². The summed E-state index contributed by atoms with van der Waals surface area (Å²) in [7, 11) is 1.71. The van der Waals surface area contributed by atoms with Crippen molar-refractivity contribution in [3.63, 3.8) is 0 Å². The highest BCUT2D eigenvalue weighted by Gasteiger charge is 2.52. The first-order valence-electron chi connectivity index (χ1n) is 13.4. The molecule has 0 radical (unpaired) electrons. The Labute approximate surface area is 220 Å². The number of aliphatic carboxylic acids is 1. The third-order valence-electron chi connectivity index (χ3n) is 8.42. The molecular weight excluding hydrogens is 460 g/mol. The highest BCUT2D eigenvalue weighted by Crippen LogP contribution is 2.44. The van der Waals surface area contributed by atoms with Crippen LogP contribution in [0.1, 0.15) is 54.4 Å². The van der Waals surface area contributed by atoms with Gasteiger partial charge in [-0.25, -0.2) is 0 Å². The third-order valence-corrected chi connectivity index (χ3v) is 8.42. The molecule has 0 aliphatic carbocycles. The molecule has 3 saturated heterocycles. The summed E-state index contributed by atoms with van der Waals surface area (Å²) < 4.78 is 5.71. The van der Waals surface area contributed by atoms with Crippen LogP contribution in [0.25, 0.3) is 0 Å². The quantitative estimate of drug-likeness (QED) is 0.407. The Bertz CT molecular complexity index is 1160. The van der Waals surface area contributed by atoms with E-state index in [4.69, 9.17) is 4.74 Å². The second-order valence-corrected chi connectivity index (χ2v) is 10.8. The van der Waals surface area contributed by atoms with Gasteiger partial charge in [-0.3, -0.25) is 9.69 Å². The van der Waals surface area contributed by atoms with Crippen LogP contribution in [0, 0.1) is 11.8 Å². The van der Waals surface area contributed by atoms with Crippen molar-refractivity contribution in [2.75, 3.05) is 20.2 Å². The monoisotopic (exact) mass is 498 g/mol. The summed E-state index contributed by atoms with van der Waals surface area (Å²) in [5, 5.41) is 14.0. The minimum Gasteiger partial charge on any atom is -0.496 e. The zero-order valence-electron chi connectivity index (χ0n) is 22.0. The standard InChI is InChI=1S/C32H38N2O3/c1-21(2)24-14-15-28(37-3)25(18-24)19-33-30-26-16-17-34(20-27(26)32(35)36)31(30)29(22-10-6-4-7-11-22)23-12-8-5-9-13-23/h4-15,18,21,26-27,29-31,33H,16-17,19-20H2,1-3H3,(H,35,36). The zero-order valence-corrected chi connectivity index (χ0v) is 22.0. The Morgan fingerprint density at radius 2 is 1.65 bits per heavy atom. The second-order valence-electron chi connectivity index (χ2n) is 10.8. The molecule has 3 heterocycles. The lowest BCUT2D eigenvalue weighted by molar-refractivity contribution is -0.152. The fraction of sp³-hybridized carbons (Fsp3) is 0.406. The predicted octanol–water partition coefficient (Wildman–Crippen LogP) is 5.51. The van der Waals surface area contributed by atoms with Crippen LogP contribution in [0.3, 0.4) is 0 Å². The fourth-order valence-electron chi connectivity index (χ4n) is 6.56. The minimum absolute atomic E-state index is 0.0291. The van der Waals surface area contributed by atoms with Gasteiger partial charge >= 0.3 is 5.97 Å². The van der Waals surface area contributed by atoms with Crippen LogP contribution in [-0.2, 0) is 11.3 Å². The van der Waals surface area contributed by atoms with E-state index in [-0.39, 0.29) is 29.8 Å². The molecule has 0 saturated carbocycles. The summed E-state index contributed by atoms with van der Waals surface area (Å²) in [4.78, 5) is 14.8. The number of piperidine rings is 3. The second kappa shape index (κ2) is 11.1. The van der Waals surface area contributed by atoms with E-state index in [1.807, 2.05) is 0 Å². The number of nitrogens with zero attached hydrogens (tertiary/aromatic N) is 1. The summed E-state index contributed by atoms with van der Waals surface area (Å²) >= 11 is 0. The van der Waals surface area contributed by atoms with Gasteiger partial charge in [0.15, 0.2) is 0 Å². The first-order chi connectivity index (χ1) is 18.0. The van der Waals surface area contributed by atoms with Gasteiger partial charge in [0.1, 0.15) is 5.75 Å². The summed E-state index contributed by atoms with van der Waals surface area (Å²) in [5.41, 5.74) is 4.93. The van der Waals surface area contributed by atoms with Crippen LogP contribution in [0.15, 0.2) is 78.9 Å². The molecule has 0 aromatic heterocycles. The number of carbonyl (C=O) groups is 1. The van der Waals surface area contributed by atoms with Gasteiger partial charge in [0, 0.05) is 36.7 Å². The van der Waals surface area contributed by atoms with Crippen molar-refractivity contribution < 1.29 is 14.6 Å². The average molecular weight is 499 g/mol. The Hall–Kier alpha value is -3.15. The highest BCUT2D eigenvalue weighted by molar-refractivity contribution is 5.71. The molecule has 3 fully saturated rings. The largest absolute Gasteiger partial charge is 0.496 e. The van der Waals surface area contributed by atoms with Gasteiger partial charge in [-0.2, -0.15) is 0 Å². The van der Waals surface area contributed by atoms with Crippen LogP contribution in [-0.4, -0.2) is 48.3 Å². The van der Waals surface area contributed by atoms with Crippen LogP contribution < -0.4 is 10.1 Å². The number of hydrogen-bond donors (Lipinski definition) is 2. The molecule has 5 unspecified atom stereocenters. The normalized spacial score (nSPS) is 24.9. The summed E-state index contributed by atoms with van der Waals surface area (Å²) in [6.07, 6.45) is 0.893. The van der Waals surface area contributed by atoms with Gasteiger partial charge in [-0.05, 0) is 47.6 Å². The number of ether oxygens (including phenoxy) is 1. The van der Waals surface area contributed by atoms with Gasteiger partial charge in [-0.15, -0.1) is 0 Å². The lowest BCUT2D eigenvalue weighted by Gasteiger charge is -2.56. The number of hydrogen-bond acceptors (Lipinski definition) is 4. The number of carboxylic acids is 1. The lowest BCUT2D eigenvalue weighted by atomic mass is 9.66. The average Bonchev–Trinajstić information content (AvgIpc) is 2.93. The first-order valence-corrected chi connectivity index (χ1v) is 13.4. The molecule has 5 heteroatoms. The van der Waals surface area contributed by atoms with Crippen molar-refractivity contribution in [3.05, 3.63) is 101 Å². The van der Waals surface area contributed by atoms with Crippen molar-refractivity contribution in [3.8, 4) is 5.75 Å². The van der Waals surface area contributed by atoms with E-state index in [0.29, 0.717) is 19.0 Å². The number of nitrogens with one attached hydrogen (secondary N) is 1. The van der Waals surface area contributed by atoms with Crippen LogP contribution in [0.4, 0.5) is 0 Å². The van der Waals surface area contributed by atoms with Crippen molar-refractivity contribution in [2.24, 2.45) is 11.8 Å². The molecule has 3 aromatic rings. The maximum Gasteiger partial charge on any atom is 0.308 e. The molecule has 37 heavy (non-hydrogen) atoms. The van der Waals surface area contributed by atoms with Crippen molar-refractivity contribution >= 4 is 5.97 Å². The number of rotatable bonds is 9. The van der Waals surface area contributed by atoms with Crippen LogP contribution in [0.2, 0.25) is 0 Å². The SMILES string of the molecule is COc1ccc(C(C)C)cc1CNC1C2CCN(CC2C(=O)O)C1C(c1ccccc1)c1ccccc1. The number of fused-ring (bicyclic) bond motifs is 3. The third kappa shape index (κ3) is 5.16. The lowest BCUT2D eigenvalue weighted by Crippen LogP contribution is -2.68. The molecule has 6 rings (SSSR count). The van der Waals surface area contributed by atoms with Gasteiger partial charge in [-0.1, -0.05) is 86.6 Å². The Kier molecular flexibility index (Phi) is 7.63. The molecule has 2 bridgehead atoms. The van der Waals surface area contributed by atoms with Crippen LogP contribution >= 0.6 is 0 Å². The van der Waals surface area contributed by atoms with Crippen LogP contribution in [0.5, 0.6) is 5.75 Å². The molecule has 3 aliphatic heterocycles. The maximum atomic E-state index is 12.3. The first kappa shape index (κ1) is 25.5. The van der Waals surface area contributed by atoms with Gasteiger partial charge in [0.25, 0.3) is 0 Å². The molecule has 0 spiro atoms. The molecule has 194 valence electrons. The molecule has 5 atom stereocenters. The molecule has 2 N–H and O–H groups in total. The molecule has 3 aromatic carbocycles. The highest BCUT2D eigenvalue weighted by atomic mass is 16.5. The smallest absolute Gasteiger partial charge is 0.308 e. The van der Waals surface area contributed by atoms with E-state index in [1.54, 1.807) is 7.11 Å². The number of methoxy groups -OCH3 is 1.